The molecular formula is C26H31N3O8. The second-order valence-corrected chi connectivity index (χ2v) is 8.79. The SMILES string of the molecule is CC(NC(CCc1ccccc1)C(=O)OCCCCO[N+](=O)[O-])C(=O)N1c2ccccc2CC1C(=O)O. The van der Waals surface area contributed by atoms with Crippen molar-refractivity contribution >= 4 is 23.5 Å². The molecule has 1 amide bonds. The number of fused-ring (bicyclic) bond motifs is 1. The molecule has 11 heteroatoms. The van der Waals surface area contributed by atoms with Crippen LogP contribution in [0.5, 0.6) is 0 Å². The lowest BCUT2D eigenvalue weighted by atomic mass is 10.0. The molecule has 3 rings (SSSR count). The van der Waals surface area contributed by atoms with E-state index in [0.29, 0.717) is 31.4 Å². The molecule has 1 aliphatic rings. The molecule has 1 aliphatic heterocycles. The number of ether oxygens (including phenoxy) is 1. The minimum absolute atomic E-state index is 0.0480. The Morgan fingerprint density at radius 1 is 1.11 bits per heavy atom. The Kier molecular flexibility index (Phi) is 9.96. The van der Waals surface area contributed by atoms with Crippen molar-refractivity contribution in [3.8, 4) is 0 Å². The number of carboxylic acids is 1. The van der Waals surface area contributed by atoms with E-state index in [-0.39, 0.29) is 19.6 Å². The van der Waals surface area contributed by atoms with Gasteiger partial charge in [0, 0.05) is 12.1 Å². The van der Waals surface area contributed by atoms with E-state index >= 15 is 0 Å². The molecule has 37 heavy (non-hydrogen) atoms. The van der Waals surface area contributed by atoms with Crippen LogP contribution >= 0.6 is 0 Å². The zero-order chi connectivity index (χ0) is 26.8. The summed E-state index contributed by atoms with van der Waals surface area (Å²) in [6, 6.07) is 13.9. The number of anilines is 1. The fraction of sp³-hybridized carbons (Fsp3) is 0.423. The quantitative estimate of drug-likeness (QED) is 0.168. The molecule has 0 fully saturated rings. The summed E-state index contributed by atoms with van der Waals surface area (Å²) >= 11 is 0. The van der Waals surface area contributed by atoms with E-state index < -0.39 is 41.1 Å². The standard InChI is InChI=1S/C26H31N3O8/c1-18(24(30)28-22-12-6-5-11-20(22)17-23(28)25(31)32)27-21(14-13-19-9-3-2-4-10-19)26(33)36-15-7-8-16-37-29(34)35/h2-6,9-12,18,21,23,27H,7-8,13-17H2,1H3,(H,31,32). The Hall–Kier alpha value is -3.99. The van der Waals surface area contributed by atoms with Crippen molar-refractivity contribution < 1.29 is 34.2 Å². The number of nitrogens with one attached hydrogen (secondary N) is 1. The number of rotatable bonds is 14. The third-order valence-corrected chi connectivity index (χ3v) is 6.15. The fourth-order valence-electron chi connectivity index (χ4n) is 4.28. The lowest BCUT2D eigenvalue weighted by Crippen LogP contribution is -2.54. The van der Waals surface area contributed by atoms with Gasteiger partial charge in [-0.2, -0.15) is 0 Å². The predicted octanol–water partition coefficient (Wildman–Crippen LogP) is 2.54. The van der Waals surface area contributed by atoms with Crippen LogP contribution in [0.1, 0.15) is 37.3 Å². The molecule has 2 aromatic rings. The van der Waals surface area contributed by atoms with E-state index in [4.69, 9.17) is 4.74 Å². The second-order valence-electron chi connectivity index (χ2n) is 8.79. The summed E-state index contributed by atoms with van der Waals surface area (Å²) in [6.45, 7) is 1.56. The number of benzene rings is 2. The van der Waals surface area contributed by atoms with Crippen LogP contribution in [-0.4, -0.2) is 59.4 Å². The van der Waals surface area contributed by atoms with E-state index in [1.54, 1.807) is 31.2 Å². The Morgan fingerprint density at radius 2 is 1.78 bits per heavy atom. The van der Waals surface area contributed by atoms with Crippen molar-refractivity contribution in [2.24, 2.45) is 0 Å². The summed E-state index contributed by atoms with van der Waals surface area (Å²) in [5.74, 6) is -2.10. The topological polar surface area (TPSA) is 148 Å². The summed E-state index contributed by atoms with van der Waals surface area (Å²) in [4.78, 5) is 54.0. The molecule has 0 saturated carbocycles. The summed E-state index contributed by atoms with van der Waals surface area (Å²) in [5, 5.41) is 22.1. The van der Waals surface area contributed by atoms with E-state index in [1.165, 1.54) is 4.90 Å². The van der Waals surface area contributed by atoms with E-state index in [1.807, 2.05) is 30.3 Å². The molecule has 2 aromatic carbocycles. The summed E-state index contributed by atoms with van der Waals surface area (Å²) in [7, 11) is 0. The first kappa shape index (κ1) is 27.6. The molecule has 0 saturated heterocycles. The molecule has 198 valence electrons. The van der Waals surface area contributed by atoms with Gasteiger partial charge in [0.25, 0.3) is 5.09 Å². The number of carbonyl (C=O) groups is 3. The monoisotopic (exact) mass is 513 g/mol. The molecule has 3 unspecified atom stereocenters. The van der Waals surface area contributed by atoms with Gasteiger partial charge in [0.15, 0.2) is 0 Å². The van der Waals surface area contributed by atoms with Gasteiger partial charge in [-0.25, -0.2) is 4.79 Å². The van der Waals surface area contributed by atoms with Crippen molar-refractivity contribution in [2.45, 2.75) is 57.2 Å². The maximum Gasteiger partial charge on any atom is 0.327 e. The highest BCUT2D eigenvalue weighted by Crippen LogP contribution is 2.32. The van der Waals surface area contributed by atoms with Gasteiger partial charge in [-0.05, 0) is 49.8 Å². The van der Waals surface area contributed by atoms with Crippen LogP contribution in [0.25, 0.3) is 0 Å². The van der Waals surface area contributed by atoms with Crippen LogP contribution in [-0.2, 0) is 36.8 Å². The Morgan fingerprint density at radius 3 is 2.49 bits per heavy atom. The fourth-order valence-corrected chi connectivity index (χ4v) is 4.28. The number of aryl methyl sites for hydroxylation is 1. The number of aliphatic carboxylic acids is 1. The minimum atomic E-state index is -1.10. The third kappa shape index (κ3) is 7.74. The highest BCUT2D eigenvalue weighted by molar-refractivity contribution is 6.04. The van der Waals surface area contributed by atoms with Crippen LogP contribution in [0.3, 0.4) is 0 Å². The van der Waals surface area contributed by atoms with Crippen LogP contribution in [0, 0.1) is 10.1 Å². The van der Waals surface area contributed by atoms with Crippen molar-refractivity contribution in [1.29, 1.82) is 0 Å². The highest BCUT2D eigenvalue weighted by atomic mass is 16.9. The summed E-state index contributed by atoms with van der Waals surface area (Å²) in [5.41, 5.74) is 2.34. The highest BCUT2D eigenvalue weighted by Gasteiger charge is 2.40. The molecule has 3 atom stereocenters. The number of amides is 1. The normalized spacial score (nSPS) is 15.9. The Labute approximate surface area is 214 Å². The second kappa shape index (κ2) is 13.4. The molecule has 1 heterocycles. The number of hydrogen-bond acceptors (Lipinski definition) is 8. The first-order valence-corrected chi connectivity index (χ1v) is 12.2. The maximum absolute atomic E-state index is 13.4. The van der Waals surface area contributed by atoms with Gasteiger partial charge >= 0.3 is 11.9 Å². The van der Waals surface area contributed by atoms with Crippen LogP contribution in [0.15, 0.2) is 54.6 Å². The van der Waals surface area contributed by atoms with Gasteiger partial charge in [-0.1, -0.05) is 48.5 Å². The zero-order valence-corrected chi connectivity index (χ0v) is 20.6. The lowest BCUT2D eigenvalue weighted by Gasteiger charge is -2.28. The predicted molar refractivity (Wildman–Crippen MR) is 133 cm³/mol. The lowest BCUT2D eigenvalue weighted by molar-refractivity contribution is -0.757. The third-order valence-electron chi connectivity index (χ3n) is 6.15. The van der Waals surface area contributed by atoms with Crippen LogP contribution in [0.4, 0.5) is 5.69 Å². The number of para-hydroxylation sites is 1. The van der Waals surface area contributed by atoms with Crippen molar-refractivity contribution in [3.05, 3.63) is 75.8 Å². The van der Waals surface area contributed by atoms with Gasteiger partial charge in [0.05, 0.1) is 19.3 Å². The maximum atomic E-state index is 13.4. The van der Waals surface area contributed by atoms with Gasteiger partial charge in [0.2, 0.25) is 5.91 Å². The molecule has 0 aliphatic carbocycles. The summed E-state index contributed by atoms with van der Waals surface area (Å²) < 4.78 is 5.38. The van der Waals surface area contributed by atoms with Crippen molar-refractivity contribution in [1.82, 2.24) is 5.32 Å². The smallest absolute Gasteiger partial charge is 0.327 e. The minimum Gasteiger partial charge on any atom is -0.480 e. The first-order chi connectivity index (χ1) is 17.8. The number of hydrogen-bond donors (Lipinski definition) is 2. The molecule has 0 bridgehead atoms. The van der Waals surface area contributed by atoms with Gasteiger partial charge in [-0.15, -0.1) is 10.1 Å². The largest absolute Gasteiger partial charge is 0.480 e. The number of esters is 1. The Balaban J connectivity index is 1.66. The average molecular weight is 514 g/mol. The number of carbonyl (C=O) groups excluding carboxylic acids is 2. The molecular weight excluding hydrogens is 482 g/mol. The summed E-state index contributed by atoms with van der Waals surface area (Å²) in [6.07, 6.45) is 1.84. The van der Waals surface area contributed by atoms with Gasteiger partial charge in [0.1, 0.15) is 12.1 Å². The molecule has 0 radical (unpaired) electrons. The van der Waals surface area contributed by atoms with Gasteiger partial charge < -0.3 is 14.7 Å². The van der Waals surface area contributed by atoms with E-state index in [2.05, 4.69) is 10.2 Å². The molecule has 0 spiro atoms. The Bertz CT molecular complexity index is 1090. The van der Waals surface area contributed by atoms with Crippen LogP contribution in [0.2, 0.25) is 0 Å². The molecule has 0 aromatic heterocycles. The van der Waals surface area contributed by atoms with E-state index in [9.17, 15) is 29.6 Å². The van der Waals surface area contributed by atoms with Crippen molar-refractivity contribution in [2.75, 3.05) is 18.1 Å². The molecule has 11 nitrogen and oxygen atoms in total. The number of nitrogens with zero attached hydrogens (tertiary/aromatic N) is 2. The number of carboxylic acid groups (broad SMARTS) is 1. The zero-order valence-electron chi connectivity index (χ0n) is 20.6. The number of unbranched alkanes of at least 4 members (excludes halogenated alkanes) is 1. The van der Waals surface area contributed by atoms with Crippen LogP contribution < -0.4 is 10.2 Å². The van der Waals surface area contributed by atoms with E-state index in [0.717, 1.165) is 11.1 Å². The van der Waals surface area contributed by atoms with Crippen molar-refractivity contribution in [3.63, 3.8) is 0 Å². The average Bonchev–Trinajstić information content (AvgIpc) is 3.28. The first-order valence-electron chi connectivity index (χ1n) is 12.2. The molecule has 2 N–H and O–H groups in total. The van der Waals surface area contributed by atoms with Gasteiger partial charge in [-0.3, -0.25) is 19.8 Å².